The van der Waals surface area contributed by atoms with Crippen LogP contribution in [-0.2, 0) is 14.9 Å². The topological polar surface area (TPSA) is 114 Å². The number of nitrogens with one attached hydrogen (secondary N) is 1. The Labute approximate surface area is 118 Å². The van der Waals surface area contributed by atoms with Crippen LogP contribution >= 0.6 is 11.3 Å². The number of amides is 2. The summed E-state index contributed by atoms with van der Waals surface area (Å²) < 4.78 is 24.5. The van der Waals surface area contributed by atoms with Crippen LogP contribution in [-0.4, -0.2) is 41.0 Å². The molecule has 0 saturated heterocycles. The number of thiophene rings is 1. The highest BCUT2D eigenvalue weighted by Crippen LogP contribution is 2.19. The number of urea groups is 1. The zero-order chi connectivity index (χ0) is 14.6. The van der Waals surface area contributed by atoms with E-state index < -0.39 is 16.1 Å². The molecule has 2 amide bonds. The fourth-order valence-electron chi connectivity index (χ4n) is 1.23. The van der Waals surface area contributed by atoms with Gasteiger partial charge in [0.2, 0.25) is 5.95 Å². The number of hydrogen-bond acceptors (Lipinski definition) is 8. The fraction of sp³-hybridized carbons (Fsp3) is 0.111. The van der Waals surface area contributed by atoms with Crippen LogP contribution in [0.4, 0.5) is 10.7 Å². The van der Waals surface area contributed by atoms with Gasteiger partial charge in [-0.1, -0.05) is 4.47 Å². The number of aromatic nitrogens is 3. The lowest BCUT2D eigenvalue weighted by Crippen LogP contribution is -2.39. The van der Waals surface area contributed by atoms with E-state index in [0.29, 0.717) is 0 Å². The molecule has 0 atom stereocenters. The summed E-state index contributed by atoms with van der Waals surface area (Å²) in [5.41, 5.74) is 0. The van der Waals surface area contributed by atoms with E-state index in [1.54, 1.807) is 5.38 Å². The normalized spacial score (nSPS) is 11.1. The molecule has 0 radical (unpaired) electrons. The molecular weight excluding hydrogens is 306 g/mol. The molecule has 2 aromatic rings. The number of hydrogen-bond donors (Lipinski definition) is 1. The largest absolute Gasteiger partial charge is 0.363 e. The van der Waals surface area contributed by atoms with E-state index in [2.05, 4.69) is 25.1 Å². The average Bonchev–Trinajstić information content (AvgIpc) is 2.95. The zero-order valence-electron chi connectivity index (χ0n) is 10.1. The number of anilines is 1. The third-order valence-electron chi connectivity index (χ3n) is 2.05. The van der Waals surface area contributed by atoms with E-state index >= 15 is 0 Å². The molecule has 0 aromatic carbocycles. The van der Waals surface area contributed by atoms with Crippen LogP contribution < -0.4 is 5.32 Å². The molecule has 2 aromatic heterocycles. The molecule has 106 valence electrons. The Morgan fingerprint density at radius 3 is 2.65 bits per heavy atom. The van der Waals surface area contributed by atoms with E-state index in [0.717, 1.165) is 19.8 Å². The molecule has 2 rings (SSSR count). The highest BCUT2D eigenvalue weighted by molar-refractivity contribution is 7.89. The molecule has 0 saturated carbocycles. The van der Waals surface area contributed by atoms with Crippen molar-refractivity contribution in [3.8, 4) is 0 Å². The van der Waals surface area contributed by atoms with Gasteiger partial charge in [-0.25, -0.2) is 19.7 Å². The number of carbonyl (C=O) groups excluding carboxylic acids is 1. The highest BCUT2D eigenvalue weighted by Gasteiger charge is 2.30. The van der Waals surface area contributed by atoms with E-state index in [-0.39, 0.29) is 15.3 Å². The minimum atomic E-state index is -4.09. The molecule has 0 spiro atoms. The summed E-state index contributed by atoms with van der Waals surface area (Å²) in [5, 5.41) is 5.15. The van der Waals surface area contributed by atoms with E-state index in [1.165, 1.54) is 22.8 Å². The van der Waals surface area contributed by atoms with Crippen LogP contribution in [0.1, 0.15) is 0 Å². The predicted octanol–water partition coefficient (Wildman–Crippen LogP) is 0.717. The Bertz CT molecular complexity index is 674. The second-order valence-corrected chi connectivity index (χ2v) is 5.80. The molecule has 2 heterocycles. The number of nitrogens with zero attached hydrogens (tertiary/aromatic N) is 4. The molecule has 0 aliphatic rings. The van der Waals surface area contributed by atoms with Crippen molar-refractivity contribution < 1.29 is 18.0 Å². The minimum absolute atomic E-state index is 0.0462. The number of carbonyl (C=O) groups is 1. The van der Waals surface area contributed by atoms with Gasteiger partial charge in [-0.15, -0.1) is 0 Å². The van der Waals surface area contributed by atoms with E-state index in [4.69, 9.17) is 0 Å². The van der Waals surface area contributed by atoms with Gasteiger partial charge >= 0.3 is 6.03 Å². The molecule has 1 N–H and O–H groups in total. The zero-order valence-corrected chi connectivity index (χ0v) is 11.8. The third-order valence-corrected chi connectivity index (χ3v) is 4.49. The minimum Gasteiger partial charge on any atom is -0.273 e. The van der Waals surface area contributed by atoms with Gasteiger partial charge in [0, 0.05) is 5.38 Å². The van der Waals surface area contributed by atoms with Gasteiger partial charge in [0.1, 0.15) is 17.6 Å². The summed E-state index contributed by atoms with van der Waals surface area (Å²) in [6, 6.07) is 0.326. The number of rotatable bonds is 4. The maximum absolute atomic E-state index is 12.1. The van der Waals surface area contributed by atoms with E-state index in [1.807, 2.05) is 0 Å². The van der Waals surface area contributed by atoms with E-state index in [9.17, 15) is 13.2 Å². The van der Waals surface area contributed by atoms with Crippen molar-refractivity contribution in [2.75, 3.05) is 12.4 Å². The quantitative estimate of drug-likeness (QED) is 0.826. The van der Waals surface area contributed by atoms with Crippen molar-refractivity contribution >= 4 is 33.3 Å². The lowest BCUT2D eigenvalue weighted by atomic mass is 10.7. The molecule has 0 aliphatic carbocycles. The van der Waals surface area contributed by atoms with Gasteiger partial charge in [0.25, 0.3) is 10.0 Å². The Morgan fingerprint density at radius 2 is 2.10 bits per heavy atom. The lowest BCUT2D eigenvalue weighted by Gasteiger charge is -2.18. The molecule has 9 nitrogen and oxygen atoms in total. The summed E-state index contributed by atoms with van der Waals surface area (Å²) >= 11 is 1.18. The Kier molecular flexibility index (Phi) is 4.22. The average molecular weight is 315 g/mol. The Hall–Kier alpha value is -2.11. The van der Waals surface area contributed by atoms with Gasteiger partial charge in [-0.05, 0) is 11.4 Å². The van der Waals surface area contributed by atoms with Crippen molar-refractivity contribution in [3.63, 3.8) is 0 Å². The second kappa shape index (κ2) is 5.90. The Balaban J connectivity index is 2.22. The van der Waals surface area contributed by atoms with Gasteiger partial charge in [0.15, 0.2) is 0 Å². The molecule has 0 bridgehead atoms. The number of sulfonamides is 1. The first-order valence-electron chi connectivity index (χ1n) is 5.10. The lowest BCUT2D eigenvalue weighted by molar-refractivity contribution is -0.00547. The van der Waals surface area contributed by atoms with Crippen molar-refractivity contribution in [1.29, 1.82) is 0 Å². The SMILES string of the molecule is CON(C(=O)Nc1ncncn1)S(=O)(=O)c1ccsc1. The first kappa shape index (κ1) is 14.3. The van der Waals surface area contributed by atoms with Crippen LogP contribution in [0.25, 0.3) is 0 Å². The van der Waals surface area contributed by atoms with Crippen molar-refractivity contribution in [2.45, 2.75) is 4.90 Å². The van der Waals surface area contributed by atoms with Gasteiger partial charge < -0.3 is 0 Å². The maximum Gasteiger partial charge on any atom is 0.363 e. The predicted molar refractivity (Wildman–Crippen MR) is 69.2 cm³/mol. The monoisotopic (exact) mass is 315 g/mol. The second-order valence-electron chi connectivity index (χ2n) is 3.27. The molecule has 11 heteroatoms. The van der Waals surface area contributed by atoms with Crippen LogP contribution in [0.2, 0.25) is 0 Å². The third kappa shape index (κ3) is 2.89. The van der Waals surface area contributed by atoms with Crippen LogP contribution in [0.5, 0.6) is 0 Å². The van der Waals surface area contributed by atoms with Crippen molar-refractivity contribution in [2.24, 2.45) is 0 Å². The van der Waals surface area contributed by atoms with Crippen LogP contribution in [0, 0.1) is 0 Å². The van der Waals surface area contributed by atoms with Crippen LogP contribution in [0.15, 0.2) is 34.4 Å². The molecule has 0 aliphatic heterocycles. The molecule has 20 heavy (non-hydrogen) atoms. The van der Waals surface area contributed by atoms with Gasteiger partial charge in [-0.3, -0.25) is 10.2 Å². The number of hydroxylamine groups is 1. The maximum atomic E-state index is 12.1. The standard InChI is InChI=1S/C9H9N5O4S2/c1-18-14(20(16,17)7-2-3-19-4-7)9(15)13-8-11-5-10-6-12-8/h2-6H,1H3,(H,10,11,12,13,15). The fourth-order valence-corrected chi connectivity index (χ4v) is 3.38. The first-order valence-corrected chi connectivity index (χ1v) is 7.48. The molecular formula is C9H9N5O4S2. The van der Waals surface area contributed by atoms with Crippen molar-refractivity contribution in [1.82, 2.24) is 19.4 Å². The highest BCUT2D eigenvalue weighted by atomic mass is 32.2. The van der Waals surface area contributed by atoms with Gasteiger partial charge in [0.05, 0.1) is 7.11 Å². The molecule has 0 fully saturated rings. The summed E-state index contributed by atoms with van der Waals surface area (Å²) in [5.74, 6) is -0.0902. The van der Waals surface area contributed by atoms with Crippen molar-refractivity contribution in [3.05, 3.63) is 29.5 Å². The molecule has 0 unspecified atom stereocenters. The van der Waals surface area contributed by atoms with Crippen LogP contribution in [0.3, 0.4) is 0 Å². The summed E-state index contributed by atoms with van der Waals surface area (Å²) in [6.45, 7) is 0. The first-order chi connectivity index (χ1) is 9.55. The summed E-state index contributed by atoms with van der Waals surface area (Å²) in [4.78, 5) is 27.4. The summed E-state index contributed by atoms with van der Waals surface area (Å²) in [6.07, 6.45) is 2.32. The smallest absolute Gasteiger partial charge is 0.273 e. The Morgan fingerprint density at radius 1 is 1.40 bits per heavy atom. The summed E-state index contributed by atoms with van der Waals surface area (Å²) in [7, 11) is -3.02. The van der Waals surface area contributed by atoms with Gasteiger partial charge in [-0.2, -0.15) is 19.8 Å².